The molecule has 2 saturated heterocycles. The van der Waals surface area contributed by atoms with Gasteiger partial charge in [0, 0.05) is 35.3 Å². The number of hydrogen-bond donors (Lipinski definition) is 1. The molecule has 6 nitrogen and oxygen atoms in total. The van der Waals surface area contributed by atoms with Gasteiger partial charge in [0.25, 0.3) is 0 Å². The van der Waals surface area contributed by atoms with E-state index in [-0.39, 0.29) is 45.4 Å². The number of carbonyl (C=O) groups excluding carboxylic acids is 1. The van der Waals surface area contributed by atoms with Crippen molar-refractivity contribution in [1.29, 1.82) is 0 Å². The number of allylic oxidation sites excluding steroid dienone is 3. The van der Waals surface area contributed by atoms with E-state index in [9.17, 15) is 14.7 Å². The number of fused-ring (bicyclic) bond motifs is 7. The number of ether oxygens (including phenoxy) is 3. The van der Waals surface area contributed by atoms with Crippen LogP contribution in [0.3, 0.4) is 0 Å². The van der Waals surface area contributed by atoms with Crippen LogP contribution >= 0.6 is 0 Å². The van der Waals surface area contributed by atoms with E-state index in [2.05, 4.69) is 54.5 Å². The normalized spacial score (nSPS) is 50.0. The first-order chi connectivity index (χ1) is 20.1. The first-order valence-electron chi connectivity index (χ1n) is 17.2. The molecule has 1 spiro atoms. The molecule has 2 heterocycles. The highest BCUT2D eigenvalue weighted by Crippen LogP contribution is 2.78. The van der Waals surface area contributed by atoms with E-state index in [4.69, 9.17) is 14.2 Å². The zero-order valence-corrected chi connectivity index (χ0v) is 28.2. The Kier molecular flexibility index (Phi) is 7.23. The Balaban J connectivity index is 1.43. The second-order valence-corrected chi connectivity index (χ2v) is 16.5. The molecule has 6 heteroatoms. The summed E-state index contributed by atoms with van der Waals surface area (Å²) in [7, 11) is 0. The van der Waals surface area contributed by atoms with Crippen LogP contribution in [0.15, 0.2) is 23.3 Å². The minimum atomic E-state index is -1.10. The molecule has 2 bridgehead atoms. The minimum Gasteiger partial charge on any atom is -0.481 e. The van der Waals surface area contributed by atoms with Crippen LogP contribution < -0.4 is 0 Å². The Morgan fingerprint density at radius 1 is 1.07 bits per heavy atom. The number of esters is 1. The van der Waals surface area contributed by atoms with Crippen LogP contribution in [0.25, 0.3) is 0 Å². The molecule has 11 unspecified atom stereocenters. The molecule has 240 valence electrons. The van der Waals surface area contributed by atoms with E-state index < -0.39 is 23.3 Å². The largest absolute Gasteiger partial charge is 0.481 e. The molecule has 11 atom stereocenters. The zero-order chi connectivity index (χ0) is 31.4. The van der Waals surface area contributed by atoms with E-state index in [1.165, 1.54) is 5.57 Å². The Morgan fingerprint density at radius 2 is 1.79 bits per heavy atom. The molecule has 0 aromatic carbocycles. The molecule has 5 aliphatic carbocycles. The summed E-state index contributed by atoms with van der Waals surface area (Å²) in [5, 5.41) is 11.1. The number of rotatable bonds is 5. The van der Waals surface area contributed by atoms with Crippen LogP contribution in [0.4, 0.5) is 0 Å². The average Bonchev–Trinajstić information content (AvgIpc) is 2.95. The fraction of sp³-hybridized carbons (Fsp3) is 0.838. The maximum Gasteiger partial charge on any atom is 0.333 e. The summed E-state index contributed by atoms with van der Waals surface area (Å²) < 4.78 is 19.4. The summed E-state index contributed by atoms with van der Waals surface area (Å²) in [5.41, 5.74) is 0.737. The van der Waals surface area contributed by atoms with E-state index in [1.54, 1.807) is 13.0 Å². The van der Waals surface area contributed by atoms with Crippen molar-refractivity contribution in [1.82, 2.24) is 0 Å². The third kappa shape index (κ3) is 3.71. The fourth-order valence-electron chi connectivity index (χ4n) is 12.3. The monoisotopic (exact) mass is 596 g/mol. The quantitative estimate of drug-likeness (QED) is 0.197. The summed E-state index contributed by atoms with van der Waals surface area (Å²) in [6, 6.07) is 0. The van der Waals surface area contributed by atoms with Crippen LogP contribution in [0.1, 0.15) is 114 Å². The molecule has 0 aromatic rings. The van der Waals surface area contributed by atoms with Gasteiger partial charge in [0.05, 0.1) is 6.61 Å². The van der Waals surface area contributed by atoms with Crippen molar-refractivity contribution in [2.24, 2.45) is 56.7 Å². The predicted molar refractivity (Wildman–Crippen MR) is 166 cm³/mol. The highest BCUT2D eigenvalue weighted by molar-refractivity contribution is 5.88. The Hall–Kier alpha value is -1.66. The lowest BCUT2D eigenvalue weighted by atomic mass is 9.32. The average molecular weight is 597 g/mol. The number of carboxylic acid groups (broad SMARTS) is 1. The third-order valence-corrected chi connectivity index (χ3v) is 15.2. The van der Waals surface area contributed by atoms with Crippen molar-refractivity contribution in [2.45, 2.75) is 126 Å². The van der Waals surface area contributed by atoms with Gasteiger partial charge in [-0.1, -0.05) is 59.3 Å². The van der Waals surface area contributed by atoms with Gasteiger partial charge in [0.2, 0.25) is 0 Å². The third-order valence-electron chi connectivity index (χ3n) is 15.2. The topological polar surface area (TPSA) is 82.1 Å². The van der Waals surface area contributed by atoms with Crippen molar-refractivity contribution in [3.05, 3.63) is 23.3 Å². The lowest BCUT2D eigenvalue weighted by Gasteiger charge is -2.75. The number of hydrogen-bond acceptors (Lipinski definition) is 5. The van der Waals surface area contributed by atoms with Crippen molar-refractivity contribution < 1.29 is 28.9 Å². The highest BCUT2D eigenvalue weighted by Gasteiger charge is 2.75. The highest BCUT2D eigenvalue weighted by atomic mass is 16.7. The summed E-state index contributed by atoms with van der Waals surface area (Å²) in [6.07, 6.45) is 10.9. The molecule has 43 heavy (non-hydrogen) atoms. The van der Waals surface area contributed by atoms with Crippen molar-refractivity contribution in [2.75, 3.05) is 13.2 Å². The van der Waals surface area contributed by atoms with Gasteiger partial charge in [0.1, 0.15) is 11.5 Å². The van der Waals surface area contributed by atoms with Gasteiger partial charge in [0.15, 0.2) is 5.79 Å². The molecular weight excluding hydrogens is 540 g/mol. The maximum atomic E-state index is 13.5. The molecule has 0 amide bonds. The predicted octanol–water partition coefficient (Wildman–Crippen LogP) is 7.96. The van der Waals surface area contributed by atoms with Crippen LogP contribution in [-0.2, 0) is 23.8 Å². The van der Waals surface area contributed by atoms with Gasteiger partial charge >= 0.3 is 11.9 Å². The number of aliphatic carboxylic acids is 1. The lowest BCUT2D eigenvalue weighted by Crippen LogP contribution is -2.74. The van der Waals surface area contributed by atoms with Crippen LogP contribution in [0.5, 0.6) is 0 Å². The van der Waals surface area contributed by atoms with E-state index in [0.29, 0.717) is 36.9 Å². The molecule has 7 aliphatic rings. The molecular formula is C37H56O6. The first-order valence-corrected chi connectivity index (χ1v) is 17.2. The first kappa shape index (κ1) is 31.3. The second kappa shape index (κ2) is 9.92. The fourth-order valence-corrected chi connectivity index (χ4v) is 12.3. The smallest absolute Gasteiger partial charge is 0.333 e. The molecule has 4 saturated carbocycles. The minimum absolute atomic E-state index is 0.0365. The van der Waals surface area contributed by atoms with E-state index in [1.807, 2.05) is 6.92 Å². The maximum absolute atomic E-state index is 13.5. The second-order valence-electron chi connectivity index (χ2n) is 16.5. The Labute approximate surface area is 259 Å². The summed E-state index contributed by atoms with van der Waals surface area (Å²) in [5.74, 6) is -0.365. The molecule has 7 rings (SSSR count). The van der Waals surface area contributed by atoms with Crippen molar-refractivity contribution >= 4 is 11.9 Å². The van der Waals surface area contributed by atoms with Crippen molar-refractivity contribution in [3.8, 4) is 0 Å². The Morgan fingerprint density at radius 3 is 2.40 bits per heavy atom. The summed E-state index contributed by atoms with van der Waals surface area (Å²) >= 11 is 0. The van der Waals surface area contributed by atoms with Crippen LogP contribution in [0, 0.1) is 56.7 Å². The summed E-state index contributed by atoms with van der Waals surface area (Å²) in [6.45, 7) is 21.3. The van der Waals surface area contributed by atoms with Crippen LogP contribution in [0.2, 0.25) is 0 Å². The van der Waals surface area contributed by atoms with Gasteiger partial charge in [-0.05, 0) is 100 Å². The van der Waals surface area contributed by atoms with Gasteiger partial charge in [-0.2, -0.15) is 0 Å². The van der Waals surface area contributed by atoms with Gasteiger partial charge < -0.3 is 19.3 Å². The molecule has 6 fully saturated rings. The van der Waals surface area contributed by atoms with E-state index >= 15 is 0 Å². The van der Waals surface area contributed by atoms with Gasteiger partial charge in [-0.15, -0.1) is 0 Å². The zero-order valence-electron chi connectivity index (χ0n) is 28.2. The SMILES string of the molecule is CC=C(C)C(=O)OC1CC(C)C(C)C2C3=CCC4C56CCC(OCC)(OC5)C(C)(C)C6CCC4(C)C3(C)CCC12C(=O)O. The Bertz CT molecular complexity index is 1240. The molecule has 0 aromatic heterocycles. The molecule has 2 aliphatic heterocycles. The van der Waals surface area contributed by atoms with Crippen LogP contribution in [-0.4, -0.2) is 42.1 Å². The number of carboxylic acids is 1. The molecule has 1 N–H and O–H groups in total. The molecule has 0 radical (unpaired) electrons. The van der Waals surface area contributed by atoms with E-state index in [0.717, 1.165) is 45.1 Å². The van der Waals surface area contributed by atoms with Gasteiger partial charge in [-0.25, -0.2) is 4.79 Å². The van der Waals surface area contributed by atoms with Crippen molar-refractivity contribution in [3.63, 3.8) is 0 Å². The number of carbonyl (C=O) groups is 2. The summed E-state index contributed by atoms with van der Waals surface area (Å²) in [4.78, 5) is 26.6. The van der Waals surface area contributed by atoms with Gasteiger partial charge in [-0.3, -0.25) is 4.79 Å². The lowest BCUT2D eigenvalue weighted by molar-refractivity contribution is -0.407. The standard InChI is InChI=1S/C37H56O6/c1-10-22(3)30(38)43-28-20-23(4)24(5)29-25-12-13-27-34(9,33(25,8)16-18-36(28,29)31(39)40)15-14-26-32(6,7)37(41-11-2)19-17-35(26,27)21-42-37/h10,12,23-24,26-29H,11,13-21H2,1-9H3,(H,39,40).